The van der Waals surface area contributed by atoms with Crippen molar-refractivity contribution >= 4 is 12.0 Å². The van der Waals surface area contributed by atoms with Gasteiger partial charge in [0, 0.05) is 39.9 Å². The Bertz CT molecular complexity index is 327. The van der Waals surface area contributed by atoms with E-state index in [1.165, 1.54) is 0 Å². The Morgan fingerprint density at radius 3 is 2.45 bits per heavy atom. The molecule has 0 aromatic heterocycles. The van der Waals surface area contributed by atoms with Gasteiger partial charge in [-0.3, -0.25) is 4.79 Å². The number of aliphatic carboxylic acids is 1. The van der Waals surface area contributed by atoms with E-state index in [0.717, 1.165) is 32.5 Å². The third-order valence-corrected chi connectivity index (χ3v) is 3.86. The summed E-state index contributed by atoms with van der Waals surface area (Å²) >= 11 is 0. The highest BCUT2D eigenvalue weighted by Crippen LogP contribution is 2.18. The molecule has 0 bridgehead atoms. The highest BCUT2D eigenvalue weighted by Gasteiger charge is 2.27. The number of carboxylic acids is 1. The lowest BCUT2D eigenvalue weighted by atomic mass is 9.98. The number of amides is 2. The first-order chi connectivity index (χ1) is 9.49. The minimum atomic E-state index is -0.866. The van der Waals surface area contributed by atoms with E-state index in [9.17, 15) is 9.59 Å². The van der Waals surface area contributed by atoms with Gasteiger partial charge in [-0.2, -0.15) is 0 Å². The third-order valence-electron chi connectivity index (χ3n) is 3.86. The van der Waals surface area contributed by atoms with Gasteiger partial charge in [-0.25, -0.2) is 4.79 Å². The Balaban J connectivity index is 2.49. The normalized spacial score (nSPS) is 17.9. The zero-order valence-electron chi connectivity index (χ0n) is 12.7. The molecule has 116 valence electrons. The van der Waals surface area contributed by atoms with Gasteiger partial charge in [0.05, 0.1) is 5.92 Å². The van der Waals surface area contributed by atoms with Crippen molar-refractivity contribution in [2.45, 2.75) is 26.7 Å². The first-order valence-electron chi connectivity index (χ1n) is 7.25. The van der Waals surface area contributed by atoms with Crippen LogP contribution in [0.5, 0.6) is 0 Å². The van der Waals surface area contributed by atoms with Gasteiger partial charge in [-0.15, -0.1) is 0 Å². The van der Waals surface area contributed by atoms with Crippen molar-refractivity contribution in [2.24, 2.45) is 11.8 Å². The van der Waals surface area contributed by atoms with Crippen molar-refractivity contribution in [3.63, 3.8) is 0 Å². The summed E-state index contributed by atoms with van der Waals surface area (Å²) in [6.07, 6.45) is 1.90. The van der Waals surface area contributed by atoms with Gasteiger partial charge in [-0.1, -0.05) is 6.92 Å². The molecule has 6 heteroatoms. The molecule has 1 fully saturated rings. The SMILES string of the molecule is CCN(CC(C)C(=O)O)C(=O)N1CCC(COC)CC1. The molecule has 20 heavy (non-hydrogen) atoms. The van der Waals surface area contributed by atoms with Gasteiger partial charge in [0.1, 0.15) is 0 Å². The molecule has 1 atom stereocenters. The van der Waals surface area contributed by atoms with Crippen molar-refractivity contribution in [3.8, 4) is 0 Å². The maximum absolute atomic E-state index is 12.4. The number of carboxylic acid groups (broad SMARTS) is 1. The molecule has 0 aromatic carbocycles. The smallest absolute Gasteiger partial charge is 0.320 e. The van der Waals surface area contributed by atoms with Crippen LogP contribution in [0.4, 0.5) is 4.79 Å². The second-order valence-corrected chi connectivity index (χ2v) is 5.45. The fourth-order valence-electron chi connectivity index (χ4n) is 2.48. The third kappa shape index (κ3) is 4.67. The zero-order valence-corrected chi connectivity index (χ0v) is 12.7. The van der Waals surface area contributed by atoms with Crippen molar-refractivity contribution in [3.05, 3.63) is 0 Å². The fraction of sp³-hybridized carbons (Fsp3) is 0.857. The summed E-state index contributed by atoms with van der Waals surface area (Å²) in [5, 5.41) is 8.95. The minimum Gasteiger partial charge on any atom is -0.481 e. The fourth-order valence-corrected chi connectivity index (χ4v) is 2.48. The van der Waals surface area contributed by atoms with Crippen LogP contribution in [0.2, 0.25) is 0 Å². The topological polar surface area (TPSA) is 70.1 Å². The number of carbonyl (C=O) groups is 2. The largest absolute Gasteiger partial charge is 0.481 e. The Labute approximate surface area is 120 Å². The van der Waals surface area contributed by atoms with E-state index in [4.69, 9.17) is 9.84 Å². The average molecular weight is 286 g/mol. The first kappa shape index (κ1) is 16.8. The highest BCUT2D eigenvalue weighted by molar-refractivity contribution is 5.76. The summed E-state index contributed by atoms with van der Waals surface area (Å²) in [5.74, 6) is -0.878. The van der Waals surface area contributed by atoms with Gasteiger partial charge < -0.3 is 19.6 Å². The van der Waals surface area contributed by atoms with Crippen LogP contribution in [0, 0.1) is 11.8 Å². The zero-order chi connectivity index (χ0) is 15.1. The van der Waals surface area contributed by atoms with Crippen LogP contribution in [-0.4, -0.2) is 66.8 Å². The molecule has 1 unspecified atom stereocenters. The quantitative estimate of drug-likeness (QED) is 0.803. The predicted molar refractivity (Wildman–Crippen MR) is 75.6 cm³/mol. The molecule has 6 nitrogen and oxygen atoms in total. The van der Waals surface area contributed by atoms with E-state index >= 15 is 0 Å². The minimum absolute atomic E-state index is 0.0449. The van der Waals surface area contributed by atoms with Gasteiger partial charge in [0.25, 0.3) is 0 Å². The molecule has 1 aliphatic heterocycles. The van der Waals surface area contributed by atoms with Crippen LogP contribution in [0.25, 0.3) is 0 Å². The number of carbonyl (C=O) groups excluding carboxylic acids is 1. The van der Waals surface area contributed by atoms with Gasteiger partial charge in [-0.05, 0) is 25.7 Å². The molecule has 1 heterocycles. The van der Waals surface area contributed by atoms with Gasteiger partial charge in [0.2, 0.25) is 0 Å². The first-order valence-corrected chi connectivity index (χ1v) is 7.25. The Morgan fingerprint density at radius 1 is 1.40 bits per heavy atom. The number of nitrogens with zero attached hydrogens (tertiary/aromatic N) is 2. The molecule has 0 spiro atoms. The Kier molecular flexibility index (Phi) is 6.78. The molecule has 0 radical (unpaired) electrons. The predicted octanol–water partition coefficient (Wildman–Crippen LogP) is 1.51. The van der Waals surface area contributed by atoms with E-state index in [1.54, 1.807) is 18.9 Å². The van der Waals surface area contributed by atoms with E-state index in [2.05, 4.69) is 0 Å². The van der Waals surface area contributed by atoms with Crippen LogP contribution in [0.1, 0.15) is 26.7 Å². The lowest BCUT2D eigenvalue weighted by Gasteiger charge is -2.35. The summed E-state index contributed by atoms with van der Waals surface area (Å²) < 4.78 is 5.15. The van der Waals surface area contributed by atoms with E-state index in [0.29, 0.717) is 12.5 Å². The molecular weight excluding hydrogens is 260 g/mol. The van der Waals surface area contributed by atoms with Crippen LogP contribution in [-0.2, 0) is 9.53 Å². The number of piperidine rings is 1. The second-order valence-electron chi connectivity index (χ2n) is 5.45. The molecule has 1 saturated heterocycles. The Morgan fingerprint density at radius 2 is 2.00 bits per heavy atom. The maximum atomic E-state index is 12.4. The Hall–Kier alpha value is -1.30. The van der Waals surface area contributed by atoms with Gasteiger partial charge in [0.15, 0.2) is 0 Å². The molecule has 0 aliphatic carbocycles. The number of rotatable bonds is 6. The van der Waals surface area contributed by atoms with E-state index < -0.39 is 11.9 Å². The summed E-state index contributed by atoms with van der Waals surface area (Å²) in [4.78, 5) is 26.7. The average Bonchev–Trinajstić information content (AvgIpc) is 2.44. The molecule has 1 aliphatic rings. The monoisotopic (exact) mass is 286 g/mol. The summed E-state index contributed by atoms with van der Waals surface area (Å²) in [6.45, 7) is 6.51. The maximum Gasteiger partial charge on any atom is 0.320 e. The number of hydrogen-bond acceptors (Lipinski definition) is 3. The highest BCUT2D eigenvalue weighted by atomic mass is 16.5. The van der Waals surface area contributed by atoms with Crippen molar-refractivity contribution in [1.29, 1.82) is 0 Å². The molecule has 0 aromatic rings. The van der Waals surface area contributed by atoms with Gasteiger partial charge >= 0.3 is 12.0 Å². The lowest BCUT2D eigenvalue weighted by Crippen LogP contribution is -2.48. The van der Waals surface area contributed by atoms with E-state index in [-0.39, 0.29) is 12.6 Å². The molecule has 1 N–H and O–H groups in total. The summed E-state index contributed by atoms with van der Waals surface area (Å²) in [6, 6.07) is -0.0449. The summed E-state index contributed by atoms with van der Waals surface area (Å²) in [5.41, 5.74) is 0. The number of likely N-dealkylation sites (tertiary alicyclic amines) is 1. The van der Waals surface area contributed by atoms with Crippen LogP contribution in [0.3, 0.4) is 0 Å². The molecule has 2 amide bonds. The standard InChI is InChI=1S/C14H26N2O4/c1-4-15(9-11(2)13(17)18)14(19)16-7-5-12(6-8-16)10-20-3/h11-12H,4-10H2,1-3H3,(H,17,18). The lowest BCUT2D eigenvalue weighted by molar-refractivity contribution is -0.141. The number of methoxy groups -OCH3 is 1. The van der Waals surface area contributed by atoms with Crippen molar-refractivity contribution in [2.75, 3.05) is 39.9 Å². The van der Waals surface area contributed by atoms with Crippen LogP contribution >= 0.6 is 0 Å². The van der Waals surface area contributed by atoms with Crippen LogP contribution < -0.4 is 0 Å². The number of hydrogen-bond donors (Lipinski definition) is 1. The molecule has 1 rings (SSSR count). The van der Waals surface area contributed by atoms with Crippen molar-refractivity contribution < 1.29 is 19.4 Å². The number of ether oxygens (including phenoxy) is 1. The van der Waals surface area contributed by atoms with Crippen LogP contribution in [0.15, 0.2) is 0 Å². The molecular formula is C14H26N2O4. The molecule has 0 saturated carbocycles. The van der Waals surface area contributed by atoms with E-state index in [1.807, 2.05) is 11.8 Å². The van der Waals surface area contributed by atoms with Crippen molar-refractivity contribution in [1.82, 2.24) is 9.80 Å². The number of urea groups is 1. The second kappa shape index (κ2) is 8.09. The summed E-state index contributed by atoms with van der Waals surface area (Å²) in [7, 11) is 1.70.